The van der Waals surface area contributed by atoms with Crippen molar-refractivity contribution >= 4 is 19.7 Å². The predicted molar refractivity (Wildman–Crippen MR) is 90.2 cm³/mol. The molecular formula is C18H20FO2P. The summed E-state index contributed by atoms with van der Waals surface area (Å²) in [6.45, 7) is 7.34. The third kappa shape index (κ3) is 3.36. The molecule has 1 N–H and O–H groups in total. The molecule has 0 spiro atoms. The van der Waals surface area contributed by atoms with Crippen LogP contribution in [0.1, 0.15) is 42.3 Å². The van der Waals surface area contributed by atoms with E-state index < -0.39 is 5.82 Å². The molecule has 1 unspecified atom stereocenters. The number of aryl methyl sites for hydroxylation is 1. The molecule has 0 fully saturated rings. The number of hydrogen-bond donors (Lipinski definition) is 1. The number of Topliss-reactive ketones (excluding diaryl/α,β-unsaturated/α-hetero) is 1. The summed E-state index contributed by atoms with van der Waals surface area (Å²) in [4.78, 5) is 11.8. The number of phenolic OH excluding ortho intramolecular Hbond substituents is 1. The molecule has 0 bridgehead atoms. The van der Waals surface area contributed by atoms with E-state index in [0.29, 0.717) is 5.56 Å². The highest BCUT2D eigenvalue weighted by Crippen LogP contribution is 2.45. The molecule has 0 radical (unpaired) electrons. The quantitative estimate of drug-likeness (QED) is 0.675. The number of aromatic hydroxyl groups is 1. The van der Waals surface area contributed by atoms with Crippen LogP contribution in [0.5, 0.6) is 5.75 Å². The van der Waals surface area contributed by atoms with Crippen LogP contribution in [0, 0.1) is 12.7 Å². The number of para-hydroxylation sites is 1. The first-order valence-electron chi connectivity index (χ1n) is 7.10. The van der Waals surface area contributed by atoms with Crippen LogP contribution in [0.3, 0.4) is 0 Å². The van der Waals surface area contributed by atoms with Gasteiger partial charge in [0.2, 0.25) is 0 Å². The van der Waals surface area contributed by atoms with Gasteiger partial charge in [-0.1, -0.05) is 46.7 Å². The minimum Gasteiger partial charge on any atom is -0.507 e. The minimum atomic E-state index is -0.407. The molecule has 22 heavy (non-hydrogen) atoms. The normalized spacial score (nSPS) is 12.0. The van der Waals surface area contributed by atoms with E-state index in [2.05, 4.69) is 0 Å². The molecule has 2 aromatic carbocycles. The number of hydrogen-bond acceptors (Lipinski definition) is 2. The molecule has 0 aliphatic carbocycles. The summed E-state index contributed by atoms with van der Waals surface area (Å²) in [6.07, 6.45) is 0. The van der Waals surface area contributed by atoms with Gasteiger partial charge in [0.1, 0.15) is 11.6 Å². The first kappa shape index (κ1) is 16.6. The number of benzene rings is 2. The second-order valence-electron chi connectivity index (χ2n) is 5.97. The summed E-state index contributed by atoms with van der Waals surface area (Å²) in [5.41, 5.74) is 2.07. The Labute approximate surface area is 132 Å². The molecule has 0 aliphatic rings. The molecule has 0 aliphatic heterocycles. The van der Waals surface area contributed by atoms with Crippen LogP contribution in [-0.4, -0.2) is 10.9 Å². The fraction of sp³-hybridized carbons (Fsp3) is 0.278. The van der Waals surface area contributed by atoms with Gasteiger partial charge in [0.25, 0.3) is 0 Å². The molecule has 1 atom stereocenters. The fourth-order valence-corrected chi connectivity index (χ4v) is 4.04. The molecule has 2 rings (SSSR count). The van der Waals surface area contributed by atoms with Gasteiger partial charge in [-0.05, 0) is 36.8 Å². The number of carbonyl (C=O) groups excluding carboxylic acids is 1. The third-order valence-electron chi connectivity index (χ3n) is 3.72. The standard InChI is InChI=1S/C18H20FO2P/c1-11-6-5-7-15(17(11)21)18(3,4)22-16-9-8-13(19)10-14(16)12(2)20/h5-10,21-22H,1-4H3. The van der Waals surface area contributed by atoms with Gasteiger partial charge in [-0.25, -0.2) is 4.39 Å². The molecule has 0 aromatic heterocycles. The van der Waals surface area contributed by atoms with Gasteiger partial charge in [0, 0.05) is 16.3 Å². The van der Waals surface area contributed by atoms with Crippen LogP contribution in [-0.2, 0) is 5.16 Å². The summed E-state index contributed by atoms with van der Waals surface area (Å²) in [5.74, 6) is -0.271. The third-order valence-corrected chi connectivity index (χ3v) is 5.32. The van der Waals surface area contributed by atoms with Crippen LogP contribution in [0.15, 0.2) is 36.4 Å². The second kappa shape index (κ2) is 6.18. The van der Waals surface area contributed by atoms with Crippen molar-refractivity contribution in [2.75, 3.05) is 0 Å². The van der Waals surface area contributed by atoms with Gasteiger partial charge in [-0.2, -0.15) is 0 Å². The van der Waals surface area contributed by atoms with E-state index in [-0.39, 0.29) is 25.3 Å². The molecule has 0 amide bonds. The Bertz CT molecular complexity index is 723. The summed E-state index contributed by atoms with van der Waals surface area (Å²) >= 11 is 0. The fourth-order valence-electron chi connectivity index (χ4n) is 2.48. The van der Waals surface area contributed by atoms with Crippen molar-refractivity contribution in [3.63, 3.8) is 0 Å². The lowest BCUT2D eigenvalue weighted by molar-refractivity contribution is 0.101. The smallest absolute Gasteiger partial charge is 0.160 e. The van der Waals surface area contributed by atoms with Crippen LogP contribution in [0.25, 0.3) is 0 Å². The van der Waals surface area contributed by atoms with E-state index in [0.717, 1.165) is 16.4 Å². The van der Waals surface area contributed by atoms with Crippen molar-refractivity contribution in [2.24, 2.45) is 0 Å². The Morgan fingerprint density at radius 1 is 1.23 bits per heavy atom. The predicted octanol–water partition coefficient (Wildman–Crippen LogP) is 4.28. The van der Waals surface area contributed by atoms with Crippen molar-refractivity contribution in [3.05, 3.63) is 58.9 Å². The van der Waals surface area contributed by atoms with Gasteiger partial charge >= 0.3 is 0 Å². The lowest BCUT2D eigenvalue weighted by Gasteiger charge is -2.27. The van der Waals surface area contributed by atoms with Gasteiger partial charge in [-0.3, -0.25) is 4.79 Å². The first-order valence-corrected chi connectivity index (χ1v) is 8.10. The largest absolute Gasteiger partial charge is 0.507 e. The van der Waals surface area contributed by atoms with E-state index >= 15 is 0 Å². The Kier molecular flexibility index (Phi) is 4.67. The highest BCUT2D eigenvalue weighted by Gasteiger charge is 2.26. The van der Waals surface area contributed by atoms with E-state index in [1.807, 2.05) is 39.0 Å². The SMILES string of the molecule is CC(=O)c1cc(F)ccc1PC(C)(C)c1cccc(C)c1O. The Morgan fingerprint density at radius 2 is 1.91 bits per heavy atom. The Hall–Kier alpha value is -1.73. The summed E-state index contributed by atoms with van der Waals surface area (Å²) < 4.78 is 13.4. The average Bonchev–Trinajstić information content (AvgIpc) is 2.43. The molecule has 0 heterocycles. The number of ketones is 1. The monoisotopic (exact) mass is 318 g/mol. The van der Waals surface area contributed by atoms with Crippen LogP contribution in [0.4, 0.5) is 4.39 Å². The van der Waals surface area contributed by atoms with E-state index in [1.54, 1.807) is 6.07 Å². The highest BCUT2D eigenvalue weighted by molar-refractivity contribution is 7.48. The maximum absolute atomic E-state index is 13.4. The lowest BCUT2D eigenvalue weighted by atomic mass is 9.99. The topological polar surface area (TPSA) is 37.3 Å². The average molecular weight is 318 g/mol. The molecule has 0 saturated heterocycles. The maximum atomic E-state index is 13.4. The number of halogens is 1. The van der Waals surface area contributed by atoms with Gasteiger partial charge in [-0.15, -0.1) is 0 Å². The van der Waals surface area contributed by atoms with E-state index in [1.165, 1.54) is 19.1 Å². The van der Waals surface area contributed by atoms with Crippen LogP contribution >= 0.6 is 8.58 Å². The second-order valence-corrected chi connectivity index (χ2v) is 8.01. The first-order chi connectivity index (χ1) is 10.2. The summed E-state index contributed by atoms with van der Waals surface area (Å²) in [7, 11) is 0.242. The zero-order chi connectivity index (χ0) is 16.5. The summed E-state index contributed by atoms with van der Waals surface area (Å²) in [5, 5.41) is 10.8. The Balaban J connectivity index is 2.45. The highest BCUT2D eigenvalue weighted by atomic mass is 31.1. The van der Waals surface area contributed by atoms with Gasteiger partial charge in [0.15, 0.2) is 5.78 Å². The van der Waals surface area contributed by atoms with Crippen molar-refractivity contribution in [1.29, 1.82) is 0 Å². The van der Waals surface area contributed by atoms with Crippen molar-refractivity contribution < 1.29 is 14.3 Å². The van der Waals surface area contributed by atoms with E-state index in [9.17, 15) is 14.3 Å². The zero-order valence-electron chi connectivity index (χ0n) is 13.2. The van der Waals surface area contributed by atoms with Crippen LogP contribution in [0.2, 0.25) is 0 Å². The molecule has 0 saturated carbocycles. The molecule has 116 valence electrons. The maximum Gasteiger partial charge on any atom is 0.160 e. The van der Waals surface area contributed by atoms with Crippen LogP contribution < -0.4 is 5.30 Å². The molecule has 4 heteroatoms. The minimum absolute atomic E-state index is 0.147. The van der Waals surface area contributed by atoms with Crippen molar-refractivity contribution in [3.8, 4) is 5.75 Å². The summed E-state index contributed by atoms with van der Waals surface area (Å²) in [6, 6.07) is 9.99. The zero-order valence-corrected chi connectivity index (χ0v) is 14.2. The van der Waals surface area contributed by atoms with Crippen molar-refractivity contribution in [2.45, 2.75) is 32.9 Å². The molecule has 2 nitrogen and oxygen atoms in total. The van der Waals surface area contributed by atoms with Gasteiger partial charge in [0.05, 0.1) is 0 Å². The van der Waals surface area contributed by atoms with E-state index in [4.69, 9.17) is 0 Å². The van der Waals surface area contributed by atoms with Gasteiger partial charge < -0.3 is 5.11 Å². The molecular weight excluding hydrogens is 298 g/mol. The molecule has 2 aromatic rings. The number of carbonyl (C=O) groups is 1. The Morgan fingerprint density at radius 3 is 2.55 bits per heavy atom. The number of phenols is 1. The number of rotatable bonds is 4. The van der Waals surface area contributed by atoms with Crippen molar-refractivity contribution in [1.82, 2.24) is 0 Å². The lowest BCUT2D eigenvalue weighted by Crippen LogP contribution is -2.19.